The fourth-order valence-electron chi connectivity index (χ4n) is 4.17. The highest BCUT2D eigenvalue weighted by molar-refractivity contribution is 6.30. The van der Waals surface area contributed by atoms with Crippen LogP contribution in [0.15, 0.2) is 35.1 Å². The van der Waals surface area contributed by atoms with Gasteiger partial charge in [-0.1, -0.05) is 23.7 Å². The summed E-state index contributed by atoms with van der Waals surface area (Å²) in [6.07, 6.45) is 3.05. The molecule has 3 heterocycles. The van der Waals surface area contributed by atoms with Crippen LogP contribution in [0.4, 0.5) is 0 Å². The number of nitrogens with zero attached hydrogens (tertiary/aromatic N) is 2. The molecule has 1 atom stereocenters. The van der Waals surface area contributed by atoms with Gasteiger partial charge in [-0.05, 0) is 56.4 Å². The number of hydrogen-bond donors (Lipinski definition) is 0. The number of ether oxygens (including phenoxy) is 1. The number of rotatable bonds is 5. The number of halogens is 1. The van der Waals surface area contributed by atoms with Crippen LogP contribution in [0.3, 0.4) is 0 Å². The van der Waals surface area contributed by atoms with Crippen molar-refractivity contribution in [1.29, 1.82) is 0 Å². The van der Waals surface area contributed by atoms with Crippen LogP contribution in [0.2, 0.25) is 5.02 Å². The molecule has 0 unspecified atom stereocenters. The lowest BCUT2D eigenvalue weighted by atomic mass is 10.1. The molecule has 29 heavy (non-hydrogen) atoms. The molecule has 6 nitrogen and oxygen atoms in total. The van der Waals surface area contributed by atoms with E-state index in [0.29, 0.717) is 29.1 Å². The van der Waals surface area contributed by atoms with Gasteiger partial charge in [0.15, 0.2) is 11.5 Å². The zero-order valence-corrected chi connectivity index (χ0v) is 17.1. The lowest BCUT2D eigenvalue weighted by molar-refractivity contribution is -0.133. The van der Waals surface area contributed by atoms with Gasteiger partial charge in [0.2, 0.25) is 5.91 Å². The van der Waals surface area contributed by atoms with Gasteiger partial charge in [-0.2, -0.15) is 0 Å². The van der Waals surface area contributed by atoms with Crippen molar-refractivity contribution in [3.63, 3.8) is 0 Å². The molecule has 7 heteroatoms. The summed E-state index contributed by atoms with van der Waals surface area (Å²) in [4.78, 5) is 40.2. The number of ketones is 1. The van der Waals surface area contributed by atoms with E-state index in [-0.39, 0.29) is 29.6 Å². The van der Waals surface area contributed by atoms with Crippen LogP contribution in [0, 0.1) is 0 Å². The highest BCUT2D eigenvalue weighted by Gasteiger charge is 2.36. The Morgan fingerprint density at radius 3 is 2.52 bits per heavy atom. The van der Waals surface area contributed by atoms with E-state index in [1.54, 1.807) is 12.1 Å². The molecule has 1 aromatic carbocycles. The van der Waals surface area contributed by atoms with Gasteiger partial charge in [0, 0.05) is 29.4 Å². The van der Waals surface area contributed by atoms with Crippen molar-refractivity contribution in [2.75, 3.05) is 13.1 Å². The molecule has 152 valence electrons. The summed E-state index contributed by atoms with van der Waals surface area (Å²) in [5.41, 5.74) is 1.59. The van der Waals surface area contributed by atoms with Gasteiger partial charge in [0.1, 0.15) is 12.6 Å². The van der Waals surface area contributed by atoms with Crippen molar-refractivity contribution >= 4 is 23.3 Å². The summed E-state index contributed by atoms with van der Waals surface area (Å²) < 4.78 is 7.27. The topological polar surface area (TPSA) is 68.6 Å². The Hall–Kier alpha value is -2.60. The van der Waals surface area contributed by atoms with Crippen LogP contribution in [0.5, 0.6) is 5.75 Å². The van der Waals surface area contributed by atoms with E-state index in [1.807, 2.05) is 17.0 Å². The maximum absolute atomic E-state index is 13.2. The predicted molar refractivity (Wildman–Crippen MR) is 110 cm³/mol. The van der Waals surface area contributed by atoms with Crippen molar-refractivity contribution in [2.45, 2.75) is 45.3 Å². The Bertz CT molecular complexity index is 1010. The molecule has 4 rings (SSSR count). The van der Waals surface area contributed by atoms with E-state index in [4.69, 9.17) is 16.3 Å². The van der Waals surface area contributed by atoms with Crippen molar-refractivity contribution in [3.8, 4) is 5.75 Å². The number of benzene rings is 1. The first-order chi connectivity index (χ1) is 14.0. The summed E-state index contributed by atoms with van der Waals surface area (Å²) >= 11 is 5.91. The lowest BCUT2D eigenvalue weighted by Gasteiger charge is -2.22. The third-order valence-corrected chi connectivity index (χ3v) is 5.91. The Morgan fingerprint density at radius 1 is 1.17 bits per heavy atom. The van der Waals surface area contributed by atoms with Gasteiger partial charge in [0.25, 0.3) is 5.56 Å². The van der Waals surface area contributed by atoms with Crippen LogP contribution in [0.1, 0.15) is 53.8 Å². The predicted octanol–water partition coefficient (Wildman–Crippen LogP) is 3.39. The largest absolute Gasteiger partial charge is 0.483 e. The number of carbonyl (C=O) groups is 2. The molecule has 1 saturated heterocycles. The Balaban J connectivity index is 1.68. The first-order valence-corrected chi connectivity index (χ1v) is 10.3. The van der Waals surface area contributed by atoms with Crippen molar-refractivity contribution < 1.29 is 14.3 Å². The first-order valence-electron chi connectivity index (χ1n) is 9.91. The molecule has 0 spiro atoms. The summed E-state index contributed by atoms with van der Waals surface area (Å²) in [6, 6.07) is 8.10. The second-order valence-corrected chi connectivity index (χ2v) is 8.04. The lowest BCUT2D eigenvalue weighted by Crippen LogP contribution is -2.38. The average molecular weight is 415 g/mol. The fraction of sp³-hybridized carbons (Fsp3) is 0.409. The van der Waals surface area contributed by atoms with Gasteiger partial charge in [-0.15, -0.1) is 0 Å². The molecule has 0 N–H and O–H groups in total. The number of pyridine rings is 1. The molecule has 0 radical (unpaired) electrons. The Labute approximate surface area is 174 Å². The third kappa shape index (κ3) is 3.81. The second kappa shape index (κ2) is 8.03. The second-order valence-electron chi connectivity index (χ2n) is 7.60. The van der Waals surface area contributed by atoms with E-state index < -0.39 is 6.04 Å². The quantitative estimate of drug-likeness (QED) is 0.703. The van der Waals surface area contributed by atoms with E-state index >= 15 is 0 Å². The van der Waals surface area contributed by atoms with Gasteiger partial charge in [0.05, 0.1) is 0 Å². The zero-order valence-electron chi connectivity index (χ0n) is 16.3. The molecular weight excluding hydrogens is 392 g/mol. The SMILES string of the molecule is CC(=O)c1cc(OCc2ccc(Cl)cc2)c(=O)n2c1CC[C@H]2C(=O)N1CCCC1. The zero-order chi connectivity index (χ0) is 20.5. The molecule has 0 saturated carbocycles. The maximum Gasteiger partial charge on any atom is 0.293 e. The smallest absolute Gasteiger partial charge is 0.293 e. The molecule has 2 aromatic rings. The minimum Gasteiger partial charge on any atom is -0.483 e. The van der Waals surface area contributed by atoms with Crippen LogP contribution < -0.4 is 10.3 Å². The standard InChI is InChI=1S/C22H23ClN2O4/c1-14(26)17-12-20(29-13-15-4-6-16(23)7-5-15)22(28)25-18(17)8-9-19(25)21(27)24-10-2-3-11-24/h4-7,12,19H,2-3,8-11,13H2,1H3/t19-/m0/s1. The highest BCUT2D eigenvalue weighted by atomic mass is 35.5. The summed E-state index contributed by atoms with van der Waals surface area (Å²) in [5, 5.41) is 0.619. The van der Waals surface area contributed by atoms with Crippen molar-refractivity contribution in [3.05, 3.63) is 62.5 Å². The van der Waals surface area contributed by atoms with Crippen molar-refractivity contribution in [2.24, 2.45) is 0 Å². The van der Waals surface area contributed by atoms with Crippen LogP contribution >= 0.6 is 11.6 Å². The third-order valence-electron chi connectivity index (χ3n) is 5.66. The fourth-order valence-corrected chi connectivity index (χ4v) is 4.29. The van der Waals surface area contributed by atoms with Gasteiger partial charge < -0.3 is 9.64 Å². The van der Waals surface area contributed by atoms with E-state index in [0.717, 1.165) is 31.5 Å². The molecule has 2 aliphatic rings. The van der Waals surface area contributed by atoms with Crippen LogP contribution in [0.25, 0.3) is 0 Å². The van der Waals surface area contributed by atoms with Crippen LogP contribution in [-0.2, 0) is 17.8 Å². The monoisotopic (exact) mass is 414 g/mol. The molecule has 1 aromatic heterocycles. The Morgan fingerprint density at radius 2 is 1.86 bits per heavy atom. The number of carbonyl (C=O) groups excluding carboxylic acids is 2. The summed E-state index contributed by atoms with van der Waals surface area (Å²) in [7, 11) is 0. The van der Waals surface area contributed by atoms with E-state index in [2.05, 4.69) is 0 Å². The molecule has 2 aliphatic heterocycles. The summed E-state index contributed by atoms with van der Waals surface area (Å²) in [5.74, 6) is -0.0814. The van der Waals surface area contributed by atoms with Crippen LogP contribution in [-0.4, -0.2) is 34.2 Å². The number of Topliss-reactive ketones (excluding diaryl/α,β-unsaturated/α-hetero) is 1. The molecular formula is C22H23ClN2O4. The van der Waals surface area contributed by atoms with Gasteiger partial charge >= 0.3 is 0 Å². The molecule has 0 bridgehead atoms. The minimum absolute atomic E-state index is 0.0345. The number of aromatic nitrogens is 1. The molecule has 0 aliphatic carbocycles. The number of amides is 1. The van der Waals surface area contributed by atoms with Crippen molar-refractivity contribution in [1.82, 2.24) is 9.47 Å². The molecule has 1 fully saturated rings. The van der Waals surface area contributed by atoms with E-state index in [9.17, 15) is 14.4 Å². The Kier molecular flexibility index (Phi) is 5.46. The normalized spacial score (nSPS) is 18.0. The first kappa shape index (κ1) is 19.7. The maximum atomic E-state index is 13.2. The minimum atomic E-state index is -0.562. The number of fused-ring (bicyclic) bond motifs is 1. The average Bonchev–Trinajstić information content (AvgIpc) is 3.38. The van der Waals surface area contributed by atoms with Gasteiger partial charge in [-0.3, -0.25) is 19.0 Å². The molecule has 1 amide bonds. The van der Waals surface area contributed by atoms with E-state index in [1.165, 1.54) is 17.6 Å². The number of likely N-dealkylation sites (tertiary alicyclic amines) is 1. The highest BCUT2D eigenvalue weighted by Crippen LogP contribution is 2.31. The number of hydrogen-bond acceptors (Lipinski definition) is 4. The van der Waals surface area contributed by atoms with Gasteiger partial charge in [-0.25, -0.2) is 0 Å². The summed E-state index contributed by atoms with van der Waals surface area (Å²) in [6.45, 7) is 3.10.